The van der Waals surface area contributed by atoms with Crippen LogP contribution in [0.3, 0.4) is 0 Å². The minimum Gasteiger partial charge on any atom is -0.340 e. The summed E-state index contributed by atoms with van der Waals surface area (Å²) in [6, 6.07) is 3.63. The van der Waals surface area contributed by atoms with Crippen LogP contribution in [0.1, 0.15) is 10.5 Å². The molecule has 0 radical (unpaired) electrons. The molecule has 1 N–H and O–H groups in total. The van der Waals surface area contributed by atoms with E-state index in [1.807, 2.05) is 0 Å². The van der Waals surface area contributed by atoms with Crippen molar-refractivity contribution in [2.24, 2.45) is 0 Å². The third-order valence-electron chi connectivity index (χ3n) is 3.54. The van der Waals surface area contributed by atoms with Gasteiger partial charge in [0.1, 0.15) is 22.2 Å². The summed E-state index contributed by atoms with van der Waals surface area (Å²) in [5.74, 6) is -2.07. The Morgan fingerprint density at radius 2 is 1.74 bits per heavy atom. The first-order chi connectivity index (χ1) is 10.8. The molecule has 1 aromatic heterocycles. The number of sulfonamides is 1. The van der Waals surface area contributed by atoms with Gasteiger partial charge in [0.05, 0.1) is 5.69 Å². The molecular weight excluding hydrogens is 328 g/mol. The molecule has 2 heterocycles. The Hall–Kier alpha value is -2.42. The Morgan fingerprint density at radius 3 is 2.39 bits per heavy atom. The van der Waals surface area contributed by atoms with E-state index in [4.69, 9.17) is 0 Å². The molecule has 0 fully saturated rings. The van der Waals surface area contributed by atoms with Crippen LogP contribution in [0.25, 0.3) is 0 Å². The van der Waals surface area contributed by atoms with E-state index in [1.54, 1.807) is 11.6 Å². The Labute approximate surface area is 131 Å². The van der Waals surface area contributed by atoms with Crippen LogP contribution in [0, 0.1) is 11.6 Å². The first-order valence-corrected chi connectivity index (χ1v) is 8.19. The van der Waals surface area contributed by atoms with Crippen molar-refractivity contribution in [1.82, 2.24) is 9.47 Å². The summed E-state index contributed by atoms with van der Waals surface area (Å²) in [5.41, 5.74) is 0.0275. The molecule has 3 rings (SSSR count). The number of hydrogen-bond acceptors (Lipinski definition) is 3. The quantitative estimate of drug-likeness (QED) is 0.923. The average molecular weight is 341 g/mol. The number of hydrogen-bond donors (Lipinski definition) is 1. The topological polar surface area (TPSA) is 71.4 Å². The molecule has 0 unspecified atom stereocenters. The number of likely N-dealkylation sites (N-methyl/N-ethyl adjacent to an activating group) is 1. The number of nitrogens with one attached hydrogen (secondary N) is 1. The zero-order valence-electron chi connectivity index (χ0n) is 12.1. The van der Waals surface area contributed by atoms with Crippen molar-refractivity contribution in [2.45, 2.75) is 11.4 Å². The zero-order valence-corrected chi connectivity index (χ0v) is 12.9. The number of halogens is 2. The fraction of sp³-hybridized carbons (Fsp3) is 0.214. The van der Waals surface area contributed by atoms with Gasteiger partial charge in [0.15, 0.2) is 0 Å². The maximum atomic E-state index is 13.2. The second-order valence-corrected chi connectivity index (χ2v) is 6.93. The van der Waals surface area contributed by atoms with Crippen LogP contribution in [-0.2, 0) is 16.6 Å². The number of nitrogens with zero attached hydrogens (tertiary/aromatic N) is 2. The molecule has 0 atom stereocenters. The second kappa shape index (κ2) is 5.34. The number of anilines is 1. The zero-order chi connectivity index (χ0) is 16.8. The molecule has 122 valence electrons. The maximum absolute atomic E-state index is 13.2. The van der Waals surface area contributed by atoms with Crippen LogP contribution >= 0.6 is 0 Å². The fourth-order valence-electron chi connectivity index (χ4n) is 2.38. The predicted octanol–water partition coefficient (Wildman–Crippen LogP) is 1.65. The summed E-state index contributed by atoms with van der Waals surface area (Å²) >= 11 is 0. The van der Waals surface area contributed by atoms with E-state index in [0.717, 1.165) is 12.1 Å². The van der Waals surface area contributed by atoms with E-state index >= 15 is 0 Å². The normalized spacial score (nSPS) is 14.7. The minimum absolute atomic E-state index is 0.138. The number of amides is 1. The molecular formula is C14H13F2N3O3S. The van der Waals surface area contributed by atoms with Crippen molar-refractivity contribution in [1.29, 1.82) is 0 Å². The maximum Gasteiger partial charge on any atom is 0.270 e. The summed E-state index contributed by atoms with van der Waals surface area (Å²) in [5, 5.41) is 0. The molecule has 1 aliphatic heterocycles. The lowest BCUT2D eigenvalue weighted by molar-refractivity contribution is 0.0749. The van der Waals surface area contributed by atoms with Gasteiger partial charge in [-0.3, -0.25) is 9.52 Å². The van der Waals surface area contributed by atoms with Crippen molar-refractivity contribution in [3.8, 4) is 0 Å². The lowest BCUT2D eigenvalue weighted by Crippen LogP contribution is -2.36. The molecule has 1 amide bonds. The van der Waals surface area contributed by atoms with E-state index in [1.165, 1.54) is 17.2 Å². The van der Waals surface area contributed by atoms with Crippen molar-refractivity contribution in [2.75, 3.05) is 18.3 Å². The van der Waals surface area contributed by atoms with Gasteiger partial charge in [0, 0.05) is 32.4 Å². The first kappa shape index (κ1) is 15.5. The van der Waals surface area contributed by atoms with Crippen molar-refractivity contribution < 1.29 is 22.0 Å². The number of rotatable bonds is 3. The molecule has 0 saturated heterocycles. The molecule has 0 aliphatic carbocycles. The highest BCUT2D eigenvalue weighted by molar-refractivity contribution is 7.92. The highest BCUT2D eigenvalue weighted by atomic mass is 32.2. The number of carbonyl (C=O) groups excluding carboxylic acids is 1. The van der Waals surface area contributed by atoms with E-state index in [0.29, 0.717) is 19.2 Å². The molecule has 0 spiro atoms. The minimum atomic E-state index is -4.06. The summed E-state index contributed by atoms with van der Waals surface area (Å²) in [4.78, 5) is 13.3. The monoisotopic (exact) mass is 341 g/mol. The second-order valence-electron chi connectivity index (χ2n) is 5.24. The Morgan fingerprint density at radius 1 is 1.09 bits per heavy atom. The van der Waals surface area contributed by atoms with Gasteiger partial charge in [-0.2, -0.15) is 0 Å². The van der Waals surface area contributed by atoms with Crippen LogP contribution in [-0.4, -0.2) is 37.4 Å². The SMILES string of the molecule is CN1CCn2cc(S(=O)(=O)Nc3cc(F)cc(F)c3)cc2C1=O. The van der Waals surface area contributed by atoms with Crippen LogP contribution in [0.4, 0.5) is 14.5 Å². The number of aromatic nitrogens is 1. The summed E-state index contributed by atoms with van der Waals surface area (Å²) in [6.45, 7) is 0.949. The predicted molar refractivity (Wildman–Crippen MR) is 78.6 cm³/mol. The number of fused-ring (bicyclic) bond motifs is 1. The average Bonchev–Trinajstić information content (AvgIpc) is 2.87. The Bertz CT molecular complexity index is 872. The van der Waals surface area contributed by atoms with E-state index < -0.39 is 21.7 Å². The summed E-state index contributed by atoms with van der Waals surface area (Å²) in [7, 11) is -2.43. The van der Waals surface area contributed by atoms with Crippen molar-refractivity contribution in [3.63, 3.8) is 0 Å². The van der Waals surface area contributed by atoms with Crippen LogP contribution in [0.5, 0.6) is 0 Å². The van der Waals surface area contributed by atoms with Gasteiger partial charge in [0.25, 0.3) is 15.9 Å². The molecule has 2 aromatic rings. The van der Waals surface area contributed by atoms with Gasteiger partial charge >= 0.3 is 0 Å². The molecule has 6 nitrogen and oxygen atoms in total. The van der Waals surface area contributed by atoms with Crippen molar-refractivity contribution >= 4 is 21.6 Å². The van der Waals surface area contributed by atoms with Crippen LogP contribution < -0.4 is 4.72 Å². The third kappa shape index (κ3) is 2.91. The fourth-order valence-corrected chi connectivity index (χ4v) is 3.46. The summed E-state index contributed by atoms with van der Waals surface area (Å²) < 4.78 is 54.6. The Balaban J connectivity index is 1.94. The standard InChI is InChI=1S/C14H13F2N3O3S/c1-18-2-3-19-8-12(7-13(19)14(18)20)23(21,22)17-11-5-9(15)4-10(16)6-11/h4-8,17H,2-3H2,1H3. The Kier molecular flexibility index (Phi) is 3.59. The highest BCUT2D eigenvalue weighted by Crippen LogP contribution is 2.22. The largest absolute Gasteiger partial charge is 0.340 e. The molecule has 23 heavy (non-hydrogen) atoms. The first-order valence-electron chi connectivity index (χ1n) is 6.71. The number of carbonyl (C=O) groups is 1. The van der Waals surface area contributed by atoms with Gasteiger partial charge in [-0.25, -0.2) is 17.2 Å². The molecule has 0 saturated carbocycles. The van der Waals surface area contributed by atoms with Crippen molar-refractivity contribution in [3.05, 3.63) is 47.8 Å². The van der Waals surface area contributed by atoms with Crippen LogP contribution in [0.2, 0.25) is 0 Å². The van der Waals surface area contributed by atoms with E-state index in [2.05, 4.69) is 4.72 Å². The number of benzene rings is 1. The van der Waals surface area contributed by atoms with E-state index in [-0.39, 0.29) is 22.2 Å². The highest BCUT2D eigenvalue weighted by Gasteiger charge is 2.26. The molecule has 0 bridgehead atoms. The summed E-state index contributed by atoms with van der Waals surface area (Å²) in [6.07, 6.45) is 1.33. The van der Waals surface area contributed by atoms with Gasteiger partial charge in [-0.05, 0) is 18.2 Å². The van der Waals surface area contributed by atoms with Crippen LogP contribution in [0.15, 0.2) is 35.4 Å². The van der Waals surface area contributed by atoms with Gasteiger partial charge < -0.3 is 9.47 Å². The molecule has 1 aliphatic rings. The lowest BCUT2D eigenvalue weighted by Gasteiger charge is -2.23. The third-order valence-corrected chi connectivity index (χ3v) is 4.89. The molecule has 1 aromatic carbocycles. The van der Waals surface area contributed by atoms with E-state index in [9.17, 15) is 22.0 Å². The van der Waals surface area contributed by atoms with Gasteiger partial charge in [-0.15, -0.1) is 0 Å². The lowest BCUT2D eigenvalue weighted by atomic mass is 10.3. The molecule has 9 heteroatoms. The van der Waals surface area contributed by atoms with Gasteiger partial charge in [-0.1, -0.05) is 0 Å². The smallest absolute Gasteiger partial charge is 0.270 e. The van der Waals surface area contributed by atoms with Gasteiger partial charge in [0.2, 0.25) is 0 Å².